The summed E-state index contributed by atoms with van der Waals surface area (Å²) in [5.41, 5.74) is -0.0425. The summed E-state index contributed by atoms with van der Waals surface area (Å²) in [6.45, 7) is 4.78. The van der Waals surface area contributed by atoms with Gasteiger partial charge in [0.1, 0.15) is 5.75 Å². The third-order valence-corrected chi connectivity index (χ3v) is 2.60. The van der Waals surface area contributed by atoms with E-state index < -0.39 is 4.92 Å². The lowest BCUT2D eigenvalue weighted by Gasteiger charge is -2.09. The molecule has 3 N–H and O–H groups in total. The van der Waals surface area contributed by atoms with Gasteiger partial charge in [-0.1, -0.05) is 13.8 Å². The van der Waals surface area contributed by atoms with E-state index in [1.165, 1.54) is 12.1 Å². The maximum absolute atomic E-state index is 11.6. The Morgan fingerprint density at radius 3 is 2.70 bits per heavy atom. The fourth-order valence-electron chi connectivity index (χ4n) is 1.59. The zero-order chi connectivity index (χ0) is 15.1. The number of aromatic hydroxyl groups is 1. The SMILES string of the molecule is CC(C)NCCCC(=O)Nc1ccc([N+](=O)[O-])cc1O. The number of phenols is 1. The van der Waals surface area contributed by atoms with E-state index in [4.69, 9.17) is 0 Å². The second-order valence-corrected chi connectivity index (χ2v) is 4.72. The van der Waals surface area contributed by atoms with E-state index in [9.17, 15) is 20.0 Å². The van der Waals surface area contributed by atoms with Gasteiger partial charge in [-0.3, -0.25) is 14.9 Å². The molecule has 0 heterocycles. The van der Waals surface area contributed by atoms with Crippen LogP contribution >= 0.6 is 0 Å². The first-order chi connectivity index (χ1) is 9.40. The van der Waals surface area contributed by atoms with E-state index in [1.54, 1.807) is 0 Å². The Morgan fingerprint density at radius 2 is 2.15 bits per heavy atom. The number of benzene rings is 1. The Labute approximate surface area is 117 Å². The van der Waals surface area contributed by atoms with Crippen LogP contribution in [0.1, 0.15) is 26.7 Å². The van der Waals surface area contributed by atoms with Crippen molar-refractivity contribution in [1.82, 2.24) is 5.32 Å². The van der Waals surface area contributed by atoms with Crippen LogP contribution in [0.2, 0.25) is 0 Å². The Kier molecular flexibility index (Phi) is 5.92. The Balaban J connectivity index is 2.48. The van der Waals surface area contributed by atoms with E-state index in [2.05, 4.69) is 10.6 Å². The zero-order valence-corrected chi connectivity index (χ0v) is 11.5. The molecular weight excluding hydrogens is 262 g/mol. The lowest BCUT2D eigenvalue weighted by atomic mass is 10.2. The third-order valence-electron chi connectivity index (χ3n) is 2.60. The molecule has 7 nitrogen and oxygen atoms in total. The summed E-state index contributed by atoms with van der Waals surface area (Å²) in [5.74, 6) is -0.549. The van der Waals surface area contributed by atoms with Gasteiger partial charge in [0, 0.05) is 18.5 Å². The number of nitro benzene ring substituents is 1. The summed E-state index contributed by atoms with van der Waals surface area (Å²) in [7, 11) is 0. The number of amides is 1. The number of phenolic OH excluding ortho intramolecular Hbond substituents is 1. The molecule has 0 spiro atoms. The highest BCUT2D eigenvalue weighted by atomic mass is 16.6. The number of nitrogens with one attached hydrogen (secondary N) is 2. The van der Waals surface area contributed by atoms with Gasteiger partial charge in [0.25, 0.3) is 5.69 Å². The first-order valence-electron chi connectivity index (χ1n) is 6.41. The highest BCUT2D eigenvalue weighted by Crippen LogP contribution is 2.27. The van der Waals surface area contributed by atoms with Crippen molar-refractivity contribution in [3.63, 3.8) is 0 Å². The lowest BCUT2D eigenvalue weighted by molar-refractivity contribution is -0.384. The van der Waals surface area contributed by atoms with Gasteiger partial charge in [-0.25, -0.2) is 0 Å². The monoisotopic (exact) mass is 281 g/mol. The van der Waals surface area contributed by atoms with Crippen molar-refractivity contribution >= 4 is 17.3 Å². The largest absolute Gasteiger partial charge is 0.506 e. The molecule has 0 radical (unpaired) electrons. The molecule has 0 aliphatic carbocycles. The van der Waals surface area contributed by atoms with Crippen LogP contribution < -0.4 is 10.6 Å². The molecule has 0 fully saturated rings. The van der Waals surface area contributed by atoms with E-state index in [-0.39, 0.29) is 23.0 Å². The number of carbonyl (C=O) groups is 1. The number of nitro groups is 1. The lowest BCUT2D eigenvalue weighted by Crippen LogP contribution is -2.24. The minimum Gasteiger partial charge on any atom is -0.506 e. The van der Waals surface area contributed by atoms with Crippen LogP contribution in [-0.4, -0.2) is 28.5 Å². The molecule has 20 heavy (non-hydrogen) atoms. The van der Waals surface area contributed by atoms with Crippen LogP contribution in [0.3, 0.4) is 0 Å². The molecule has 0 aromatic heterocycles. The fraction of sp³-hybridized carbons (Fsp3) is 0.462. The molecular formula is C13H19N3O4. The summed E-state index contributed by atoms with van der Waals surface area (Å²) < 4.78 is 0. The van der Waals surface area contributed by atoms with Gasteiger partial charge in [0.2, 0.25) is 5.91 Å². The molecule has 0 aliphatic heterocycles. The average molecular weight is 281 g/mol. The van der Waals surface area contributed by atoms with Crippen molar-refractivity contribution in [2.24, 2.45) is 0 Å². The van der Waals surface area contributed by atoms with Crippen LogP contribution in [0.4, 0.5) is 11.4 Å². The predicted molar refractivity (Wildman–Crippen MR) is 75.8 cm³/mol. The number of non-ortho nitro benzene ring substituents is 1. The molecule has 0 aliphatic rings. The number of hydrogen-bond donors (Lipinski definition) is 3. The Morgan fingerprint density at radius 1 is 1.45 bits per heavy atom. The molecule has 0 unspecified atom stereocenters. The molecule has 7 heteroatoms. The number of hydrogen-bond acceptors (Lipinski definition) is 5. The number of nitrogens with zero attached hydrogens (tertiary/aromatic N) is 1. The maximum Gasteiger partial charge on any atom is 0.273 e. The van der Waals surface area contributed by atoms with Gasteiger partial charge in [-0.15, -0.1) is 0 Å². The molecule has 0 saturated carbocycles. The second-order valence-electron chi connectivity index (χ2n) is 4.72. The van der Waals surface area contributed by atoms with E-state index in [1.807, 2.05) is 13.8 Å². The van der Waals surface area contributed by atoms with Gasteiger partial charge in [-0.05, 0) is 19.0 Å². The fourth-order valence-corrected chi connectivity index (χ4v) is 1.59. The van der Waals surface area contributed by atoms with Gasteiger partial charge < -0.3 is 15.7 Å². The van der Waals surface area contributed by atoms with Crippen LogP contribution in [0.15, 0.2) is 18.2 Å². The molecule has 110 valence electrons. The van der Waals surface area contributed by atoms with Crippen LogP contribution in [0.5, 0.6) is 5.75 Å². The van der Waals surface area contributed by atoms with Crippen molar-refractivity contribution in [1.29, 1.82) is 0 Å². The molecule has 1 aromatic carbocycles. The second kappa shape index (κ2) is 7.44. The molecule has 1 rings (SSSR count). The van der Waals surface area contributed by atoms with Gasteiger partial charge in [0.15, 0.2) is 0 Å². The summed E-state index contributed by atoms with van der Waals surface area (Å²) in [6.07, 6.45) is 0.994. The topological polar surface area (TPSA) is 104 Å². The van der Waals surface area contributed by atoms with Gasteiger partial charge in [-0.2, -0.15) is 0 Å². The first-order valence-corrected chi connectivity index (χ1v) is 6.41. The number of rotatable bonds is 7. The van der Waals surface area contributed by atoms with E-state index in [0.717, 1.165) is 12.6 Å². The minimum atomic E-state index is -0.608. The normalized spacial score (nSPS) is 10.6. The Bertz CT molecular complexity index is 489. The number of carbonyl (C=O) groups excluding carboxylic acids is 1. The zero-order valence-electron chi connectivity index (χ0n) is 11.5. The van der Waals surface area contributed by atoms with Crippen molar-refractivity contribution in [3.8, 4) is 5.75 Å². The number of anilines is 1. The molecule has 0 atom stereocenters. The standard InChI is InChI=1S/C13H19N3O4/c1-9(2)14-7-3-4-13(18)15-11-6-5-10(16(19)20)8-12(11)17/h5-6,8-9,14,17H,3-4,7H2,1-2H3,(H,15,18). The summed E-state index contributed by atoms with van der Waals surface area (Å²) in [4.78, 5) is 21.6. The van der Waals surface area contributed by atoms with Crippen molar-refractivity contribution in [3.05, 3.63) is 28.3 Å². The van der Waals surface area contributed by atoms with Gasteiger partial charge in [0.05, 0.1) is 16.7 Å². The maximum atomic E-state index is 11.6. The van der Waals surface area contributed by atoms with Gasteiger partial charge >= 0.3 is 0 Å². The third kappa shape index (κ3) is 5.23. The van der Waals surface area contributed by atoms with Crippen molar-refractivity contribution in [2.45, 2.75) is 32.7 Å². The van der Waals surface area contributed by atoms with E-state index in [0.29, 0.717) is 18.9 Å². The summed E-state index contributed by atoms with van der Waals surface area (Å²) in [6, 6.07) is 3.93. The quantitative estimate of drug-likeness (QED) is 0.307. The minimum absolute atomic E-state index is 0.178. The highest BCUT2D eigenvalue weighted by Gasteiger charge is 2.11. The average Bonchev–Trinajstić information content (AvgIpc) is 2.36. The smallest absolute Gasteiger partial charge is 0.273 e. The van der Waals surface area contributed by atoms with Crippen molar-refractivity contribution < 1.29 is 14.8 Å². The molecule has 0 saturated heterocycles. The summed E-state index contributed by atoms with van der Waals surface area (Å²) >= 11 is 0. The van der Waals surface area contributed by atoms with Crippen LogP contribution in [-0.2, 0) is 4.79 Å². The highest BCUT2D eigenvalue weighted by molar-refractivity contribution is 5.92. The molecule has 1 aromatic rings. The van der Waals surface area contributed by atoms with E-state index >= 15 is 0 Å². The summed E-state index contributed by atoms with van der Waals surface area (Å²) in [5, 5.41) is 25.8. The van der Waals surface area contributed by atoms with Crippen molar-refractivity contribution in [2.75, 3.05) is 11.9 Å². The molecule has 1 amide bonds. The Hall–Kier alpha value is -2.15. The van der Waals surface area contributed by atoms with Crippen LogP contribution in [0.25, 0.3) is 0 Å². The first kappa shape index (κ1) is 15.9. The molecule has 0 bridgehead atoms. The van der Waals surface area contributed by atoms with Crippen LogP contribution in [0, 0.1) is 10.1 Å². The predicted octanol–water partition coefficient (Wildman–Crippen LogP) is 2.02.